The van der Waals surface area contributed by atoms with Crippen LogP contribution in [0.4, 0.5) is 5.69 Å². The van der Waals surface area contributed by atoms with Gasteiger partial charge < -0.3 is 16.0 Å². The van der Waals surface area contributed by atoms with Gasteiger partial charge in [-0.25, -0.2) is 0 Å². The van der Waals surface area contributed by atoms with Gasteiger partial charge in [-0.05, 0) is 48.3 Å². The van der Waals surface area contributed by atoms with E-state index in [1.807, 2.05) is 61.2 Å². The average molecular weight is 518 g/mol. The lowest BCUT2D eigenvalue weighted by atomic mass is 9.81. The van der Waals surface area contributed by atoms with Crippen molar-refractivity contribution in [1.82, 2.24) is 5.32 Å². The molecular weight excluding hydrogens is 474 g/mol. The van der Waals surface area contributed by atoms with Crippen LogP contribution in [0, 0.1) is 23.7 Å². The fraction of sp³-hybridized carbons (Fsp3) is 0.531. The molecule has 1 aliphatic heterocycles. The van der Waals surface area contributed by atoms with Crippen molar-refractivity contribution < 1.29 is 14.4 Å². The topological polar surface area (TPSA) is 92.5 Å². The Morgan fingerprint density at radius 1 is 1.03 bits per heavy atom. The molecule has 204 valence electrons. The van der Waals surface area contributed by atoms with Gasteiger partial charge in [-0.1, -0.05) is 95.3 Å². The molecule has 6 heteroatoms. The monoisotopic (exact) mass is 517 g/mol. The largest absolute Gasteiger partial charge is 0.369 e. The highest BCUT2D eigenvalue weighted by Crippen LogP contribution is 2.41. The van der Waals surface area contributed by atoms with Gasteiger partial charge in [0.05, 0.1) is 5.69 Å². The van der Waals surface area contributed by atoms with E-state index in [1.165, 1.54) is 19.3 Å². The Morgan fingerprint density at radius 3 is 2.34 bits per heavy atom. The number of hydrogen-bond acceptors (Lipinski definition) is 3. The molecular formula is C32H43N3O3. The summed E-state index contributed by atoms with van der Waals surface area (Å²) in [6.07, 6.45) is 7.50. The number of primary amides is 1. The van der Waals surface area contributed by atoms with Crippen LogP contribution < -0.4 is 16.0 Å². The van der Waals surface area contributed by atoms with Gasteiger partial charge in [0.25, 0.3) is 5.91 Å². The molecule has 1 heterocycles. The number of amides is 3. The van der Waals surface area contributed by atoms with Crippen LogP contribution in [-0.4, -0.2) is 24.3 Å². The Hall–Kier alpha value is -3.15. The van der Waals surface area contributed by atoms with Gasteiger partial charge in [0, 0.05) is 23.9 Å². The van der Waals surface area contributed by atoms with Crippen molar-refractivity contribution in [2.75, 3.05) is 11.4 Å². The maximum atomic E-state index is 14.3. The zero-order valence-corrected chi connectivity index (χ0v) is 23.1. The molecule has 3 atom stereocenters. The summed E-state index contributed by atoms with van der Waals surface area (Å²) in [5.74, 6) is -1.11. The zero-order chi connectivity index (χ0) is 27.2. The number of carbonyl (C=O) groups is 3. The Labute approximate surface area is 227 Å². The molecule has 6 nitrogen and oxygen atoms in total. The molecule has 2 aromatic carbocycles. The van der Waals surface area contributed by atoms with Crippen molar-refractivity contribution in [3.8, 4) is 11.1 Å². The summed E-state index contributed by atoms with van der Waals surface area (Å²) in [5, 5.41) is 3.12. The average Bonchev–Trinajstić information content (AvgIpc) is 2.96. The van der Waals surface area contributed by atoms with Gasteiger partial charge in [0.15, 0.2) is 0 Å². The minimum atomic E-state index is -0.832. The first-order chi connectivity index (χ1) is 18.3. The van der Waals surface area contributed by atoms with Crippen LogP contribution in [0.3, 0.4) is 0 Å². The molecule has 38 heavy (non-hydrogen) atoms. The standard InChI is InChI=1S/C32H43N3O3/c1-4-5-13-26(30(33)36)27(20-21(2)3)31(37)34-29-25-16-7-6-14-23(25)24-15-8-9-17-28(24)35(32(29)38)19-18-22-11-10-12-22/h6-9,14-17,21-22,26-27,29H,4-5,10-13,18-20H2,1-3H3,(H2,33,36)(H,34,37)/t26-,27+,29?/m0/s1. The third kappa shape index (κ3) is 6.11. The predicted molar refractivity (Wildman–Crippen MR) is 152 cm³/mol. The van der Waals surface area contributed by atoms with Gasteiger partial charge in [0.1, 0.15) is 6.04 Å². The first kappa shape index (κ1) is 27.9. The molecule has 0 aromatic heterocycles. The Bertz CT molecular complexity index is 1140. The van der Waals surface area contributed by atoms with E-state index in [9.17, 15) is 14.4 Å². The molecule has 1 saturated carbocycles. The summed E-state index contributed by atoms with van der Waals surface area (Å²) in [7, 11) is 0. The fourth-order valence-electron chi connectivity index (χ4n) is 5.98. The SMILES string of the molecule is CCCC[C@H](C(N)=O)[C@@H](CC(C)C)C(=O)NC1C(=O)N(CCC2CCC2)c2ccccc2-c2ccccc21. The fourth-order valence-corrected chi connectivity index (χ4v) is 5.98. The lowest BCUT2D eigenvalue weighted by Gasteiger charge is -2.32. The summed E-state index contributed by atoms with van der Waals surface area (Å²) in [4.78, 5) is 42.6. The van der Waals surface area contributed by atoms with E-state index in [1.54, 1.807) is 0 Å². The number of rotatable bonds is 12. The molecule has 1 fully saturated rings. The van der Waals surface area contributed by atoms with Gasteiger partial charge in [-0.15, -0.1) is 0 Å². The minimum absolute atomic E-state index is 0.123. The lowest BCUT2D eigenvalue weighted by molar-refractivity contribution is -0.136. The number of hydrogen-bond donors (Lipinski definition) is 2. The van der Waals surface area contributed by atoms with E-state index in [-0.39, 0.29) is 17.7 Å². The number of unbranched alkanes of at least 4 members (excludes halogenated alkanes) is 1. The molecule has 0 bridgehead atoms. The zero-order valence-electron chi connectivity index (χ0n) is 23.1. The molecule has 1 unspecified atom stereocenters. The van der Waals surface area contributed by atoms with Gasteiger partial charge in [-0.3, -0.25) is 14.4 Å². The minimum Gasteiger partial charge on any atom is -0.369 e. The van der Waals surface area contributed by atoms with Crippen LogP contribution in [0.15, 0.2) is 48.5 Å². The summed E-state index contributed by atoms with van der Waals surface area (Å²) in [6.45, 7) is 6.77. The maximum Gasteiger partial charge on any atom is 0.254 e. The van der Waals surface area contributed by atoms with Crippen molar-refractivity contribution in [1.29, 1.82) is 0 Å². The number of fused-ring (bicyclic) bond motifs is 3. The van der Waals surface area contributed by atoms with Crippen molar-refractivity contribution in [2.24, 2.45) is 29.4 Å². The highest BCUT2D eigenvalue weighted by Gasteiger charge is 2.39. The van der Waals surface area contributed by atoms with Crippen molar-refractivity contribution in [3.05, 3.63) is 54.1 Å². The molecule has 1 aliphatic carbocycles. The number of nitrogens with zero attached hydrogens (tertiary/aromatic N) is 1. The van der Waals surface area contributed by atoms with Crippen LogP contribution in [0.25, 0.3) is 11.1 Å². The van der Waals surface area contributed by atoms with Gasteiger partial charge >= 0.3 is 0 Å². The maximum absolute atomic E-state index is 14.3. The third-order valence-electron chi connectivity index (χ3n) is 8.32. The molecule has 3 N–H and O–H groups in total. The Balaban J connectivity index is 1.70. The predicted octanol–water partition coefficient (Wildman–Crippen LogP) is 6.00. The number of nitrogens with two attached hydrogens (primary N) is 1. The van der Waals surface area contributed by atoms with Crippen LogP contribution in [0.2, 0.25) is 0 Å². The summed E-state index contributed by atoms with van der Waals surface area (Å²) < 4.78 is 0. The number of nitrogens with one attached hydrogen (secondary N) is 1. The van der Waals surface area contributed by atoms with Crippen LogP contribution in [0.5, 0.6) is 0 Å². The van der Waals surface area contributed by atoms with E-state index in [2.05, 4.69) is 18.3 Å². The van der Waals surface area contributed by atoms with E-state index < -0.39 is 23.8 Å². The molecule has 0 radical (unpaired) electrons. The highest BCUT2D eigenvalue weighted by molar-refractivity contribution is 6.06. The van der Waals surface area contributed by atoms with E-state index >= 15 is 0 Å². The number of carbonyl (C=O) groups excluding carboxylic acids is 3. The smallest absolute Gasteiger partial charge is 0.254 e. The van der Waals surface area contributed by atoms with Crippen LogP contribution in [0.1, 0.15) is 83.7 Å². The van der Waals surface area contributed by atoms with Gasteiger partial charge in [-0.2, -0.15) is 0 Å². The second kappa shape index (κ2) is 12.6. The molecule has 0 saturated heterocycles. The van der Waals surface area contributed by atoms with Crippen LogP contribution in [-0.2, 0) is 14.4 Å². The first-order valence-electron chi connectivity index (χ1n) is 14.4. The molecule has 3 amide bonds. The van der Waals surface area contributed by atoms with Crippen molar-refractivity contribution >= 4 is 23.4 Å². The van der Waals surface area contributed by atoms with E-state index in [0.717, 1.165) is 41.6 Å². The van der Waals surface area contributed by atoms with Crippen LogP contribution >= 0.6 is 0 Å². The number of anilines is 1. The number of benzene rings is 2. The molecule has 2 aromatic rings. The van der Waals surface area contributed by atoms with Crippen molar-refractivity contribution in [2.45, 2.75) is 78.2 Å². The van der Waals surface area contributed by atoms with Gasteiger partial charge in [0.2, 0.25) is 11.8 Å². The summed E-state index contributed by atoms with van der Waals surface area (Å²) >= 11 is 0. The highest BCUT2D eigenvalue weighted by atomic mass is 16.2. The third-order valence-corrected chi connectivity index (χ3v) is 8.32. The van der Waals surface area contributed by atoms with E-state index in [0.29, 0.717) is 25.3 Å². The van der Waals surface area contributed by atoms with E-state index in [4.69, 9.17) is 5.73 Å². The van der Waals surface area contributed by atoms with Crippen molar-refractivity contribution in [3.63, 3.8) is 0 Å². The Morgan fingerprint density at radius 2 is 1.71 bits per heavy atom. The lowest BCUT2D eigenvalue weighted by Crippen LogP contribution is -2.47. The first-order valence-corrected chi connectivity index (χ1v) is 14.4. The Kier molecular flexibility index (Phi) is 9.24. The second-order valence-electron chi connectivity index (χ2n) is 11.5. The number of para-hydroxylation sites is 1. The molecule has 2 aliphatic rings. The summed E-state index contributed by atoms with van der Waals surface area (Å²) in [5.41, 5.74) is 9.45. The summed E-state index contributed by atoms with van der Waals surface area (Å²) in [6, 6.07) is 15.0. The molecule has 0 spiro atoms. The quantitative estimate of drug-likeness (QED) is 0.362. The second-order valence-corrected chi connectivity index (χ2v) is 11.5. The molecule has 4 rings (SSSR count). The normalized spacial score (nSPS) is 18.7.